The Hall–Kier alpha value is -1.93. The fourth-order valence-electron chi connectivity index (χ4n) is 1.27. The molecule has 7 nitrogen and oxygen atoms in total. The minimum atomic E-state index is -4.84. The van der Waals surface area contributed by atoms with Crippen molar-refractivity contribution < 1.29 is 32.4 Å². The van der Waals surface area contributed by atoms with Gasteiger partial charge in [-0.3, -0.25) is 14.1 Å². The first-order valence-corrected chi connectivity index (χ1v) is 6.69. The number of carbonyl (C=O) groups excluding carboxylic acids is 1. The lowest BCUT2D eigenvalue weighted by molar-refractivity contribution is -0.148. The van der Waals surface area contributed by atoms with E-state index < -0.39 is 33.7 Å². The van der Waals surface area contributed by atoms with E-state index in [-0.39, 0.29) is 6.61 Å². The average Bonchev–Trinajstić information content (AvgIpc) is 2.33. The SMILES string of the molecule is O=C(CC(C(=O)O)S(=O)(=O)O)OCc1ccccc1. The number of aliphatic carboxylic acids is 1. The van der Waals surface area contributed by atoms with Crippen molar-refractivity contribution >= 4 is 22.1 Å². The van der Waals surface area contributed by atoms with Gasteiger partial charge in [-0.05, 0) is 5.56 Å². The second kappa shape index (κ2) is 6.30. The third-order valence-electron chi connectivity index (χ3n) is 2.23. The lowest BCUT2D eigenvalue weighted by Crippen LogP contribution is -2.32. The molecular formula is C11H12O7S. The van der Waals surface area contributed by atoms with Gasteiger partial charge in [0.1, 0.15) is 6.61 Å². The zero-order valence-electron chi connectivity index (χ0n) is 9.72. The fourth-order valence-corrected chi connectivity index (χ4v) is 1.87. The maximum Gasteiger partial charge on any atom is 0.325 e. The van der Waals surface area contributed by atoms with E-state index in [0.717, 1.165) is 0 Å². The Labute approximate surface area is 109 Å². The molecule has 0 fully saturated rings. The molecule has 0 aliphatic heterocycles. The average molecular weight is 288 g/mol. The molecule has 0 saturated carbocycles. The Bertz CT molecular complexity index is 550. The van der Waals surface area contributed by atoms with Crippen molar-refractivity contribution in [3.63, 3.8) is 0 Å². The van der Waals surface area contributed by atoms with E-state index in [1.54, 1.807) is 30.3 Å². The van der Waals surface area contributed by atoms with E-state index in [4.69, 9.17) is 14.4 Å². The number of carboxylic acid groups (broad SMARTS) is 1. The monoisotopic (exact) mass is 288 g/mol. The molecular weight excluding hydrogens is 276 g/mol. The minimum absolute atomic E-state index is 0.0997. The highest BCUT2D eigenvalue weighted by molar-refractivity contribution is 7.87. The molecule has 2 N–H and O–H groups in total. The maximum absolute atomic E-state index is 11.3. The van der Waals surface area contributed by atoms with Gasteiger partial charge >= 0.3 is 11.9 Å². The first-order chi connectivity index (χ1) is 8.80. The lowest BCUT2D eigenvalue weighted by atomic mass is 10.2. The molecule has 0 aliphatic rings. The fraction of sp³-hybridized carbons (Fsp3) is 0.273. The van der Waals surface area contributed by atoms with Crippen LogP contribution in [0.2, 0.25) is 0 Å². The molecule has 0 radical (unpaired) electrons. The Morgan fingerprint density at radius 1 is 1.21 bits per heavy atom. The molecule has 1 atom stereocenters. The third-order valence-corrected chi connectivity index (χ3v) is 3.32. The number of carboxylic acids is 1. The highest BCUT2D eigenvalue weighted by Gasteiger charge is 2.33. The number of rotatable bonds is 6. The summed E-state index contributed by atoms with van der Waals surface area (Å²) in [6, 6.07) is 8.59. The molecule has 0 heterocycles. The summed E-state index contributed by atoms with van der Waals surface area (Å²) in [5.74, 6) is -2.83. The molecule has 0 aliphatic carbocycles. The van der Waals surface area contributed by atoms with Crippen molar-refractivity contribution in [2.24, 2.45) is 0 Å². The quantitative estimate of drug-likeness (QED) is 0.576. The molecule has 0 spiro atoms. The molecule has 1 aromatic rings. The molecule has 1 unspecified atom stereocenters. The van der Waals surface area contributed by atoms with Crippen LogP contribution in [0, 0.1) is 0 Å². The Morgan fingerprint density at radius 3 is 2.26 bits per heavy atom. The second-order valence-electron chi connectivity index (χ2n) is 3.69. The van der Waals surface area contributed by atoms with Crippen LogP contribution in [0.15, 0.2) is 30.3 Å². The van der Waals surface area contributed by atoms with Crippen LogP contribution in [0.4, 0.5) is 0 Å². The Morgan fingerprint density at radius 2 is 1.79 bits per heavy atom. The number of hydrogen-bond acceptors (Lipinski definition) is 5. The zero-order chi connectivity index (χ0) is 14.5. The maximum atomic E-state index is 11.3. The van der Waals surface area contributed by atoms with Gasteiger partial charge in [-0.15, -0.1) is 0 Å². The zero-order valence-corrected chi connectivity index (χ0v) is 10.5. The van der Waals surface area contributed by atoms with Crippen LogP contribution in [0.3, 0.4) is 0 Å². The Balaban J connectivity index is 2.57. The van der Waals surface area contributed by atoms with Gasteiger partial charge < -0.3 is 9.84 Å². The van der Waals surface area contributed by atoms with Gasteiger partial charge in [0, 0.05) is 0 Å². The number of carbonyl (C=O) groups is 2. The van der Waals surface area contributed by atoms with Gasteiger partial charge in [-0.1, -0.05) is 30.3 Å². The number of hydrogen-bond donors (Lipinski definition) is 2. The molecule has 19 heavy (non-hydrogen) atoms. The molecule has 0 amide bonds. The van der Waals surface area contributed by atoms with E-state index in [0.29, 0.717) is 5.56 Å². The highest BCUT2D eigenvalue weighted by Crippen LogP contribution is 2.08. The Kier molecular flexibility index (Phi) is 5.02. The number of esters is 1. The summed E-state index contributed by atoms with van der Waals surface area (Å²) in [6.07, 6.45) is -0.943. The summed E-state index contributed by atoms with van der Waals surface area (Å²) in [5.41, 5.74) is 0.676. The summed E-state index contributed by atoms with van der Waals surface area (Å²) < 4.78 is 34.9. The third kappa shape index (κ3) is 5.06. The lowest BCUT2D eigenvalue weighted by Gasteiger charge is -2.09. The molecule has 1 aromatic carbocycles. The van der Waals surface area contributed by atoms with Gasteiger partial charge in [0.2, 0.25) is 0 Å². The summed E-state index contributed by atoms with van der Waals surface area (Å²) in [6.45, 7) is -0.0997. The predicted molar refractivity (Wildman–Crippen MR) is 63.8 cm³/mol. The molecule has 0 aromatic heterocycles. The normalized spacial score (nSPS) is 12.7. The highest BCUT2D eigenvalue weighted by atomic mass is 32.2. The van der Waals surface area contributed by atoms with Crippen molar-refractivity contribution in [2.75, 3.05) is 0 Å². The summed E-state index contributed by atoms with van der Waals surface area (Å²) >= 11 is 0. The van der Waals surface area contributed by atoms with Crippen molar-refractivity contribution in [3.8, 4) is 0 Å². The van der Waals surface area contributed by atoms with Gasteiger partial charge in [0.15, 0.2) is 5.25 Å². The number of ether oxygens (including phenoxy) is 1. The molecule has 104 valence electrons. The standard InChI is InChI=1S/C11H12O7S/c12-10(6-9(11(13)14)19(15,16)17)18-7-8-4-2-1-3-5-8/h1-5,9H,6-7H2,(H,13,14)(H,15,16,17). The van der Waals surface area contributed by atoms with Crippen molar-refractivity contribution in [2.45, 2.75) is 18.3 Å². The first-order valence-electron chi connectivity index (χ1n) is 5.19. The molecule has 0 bridgehead atoms. The van der Waals surface area contributed by atoms with Crippen LogP contribution in [0.25, 0.3) is 0 Å². The van der Waals surface area contributed by atoms with Crippen molar-refractivity contribution in [1.82, 2.24) is 0 Å². The first kappa shape index (κ1) is 15.1. The van der Waals surface area contributed by atoms with Crippen LogP contribution < -0.4 is 0 Å². The smallest absolute Gasteiger partial charge is 0.325 e. The number of benzene rings is 1. The van der Waals surface area contributed by atoms with Crippen LogP contribution in [-0.4, -0.2) is 35.3 Å². The van der Waals surface area contributed by atoms with Crippen LogP contribution >= 0.6 is 0 Å². The largest absolute Gasteiger partial charge is 0.480 e. The van der Waals surface area contributed by atoms with E-state index >= 15 is 0 Å². The van der Waals surface area contributed by atoms with Crippen molar-refractivity contribution in [3.05, 3.63) is 35.9 Å². The van der Waals surface area contributed by atoms with Crippen LogP contribution in [0.1, 0.15) is 12.0 Å². The van der Waals surface area contributed by atoms with Crippen LogP contribution in [0.5, 0.6) is 0 Å². The van der Waals surface area contributed by atoms with E-state index in [1.807, 2.05) is 0 Å². The van der Waals surface area contributed by atoms with Gasteiger partial charge in [0.05, 0.1) is 6.42 Å². The van der Waals surface area contributed by atoms with E-state index in [9.17, 15) is 18.0 Å². The molecule has 1 rings (SSSR count). The van der Waals surface area contributed by atoms with E-state index in [2.05, 4.69) is 0 Å². The molecule has 8 heteroatoms. The topological polar surface area (TPSA) is 118 Å². The van der Waals surface area contributed by atoms with Crippen LogP contribution in [-0.2, 0) is 31.1 Å². The van der Waals surface area contributed by atoms with E-state index in [1.165, 1.54) is 0 Å². The van der Waals surface area contributed by atoms with Gasteiger partial charge in [0.25, 0.3) is 10.1 Å². The summed E-state index contributed by atoms with van der Waals surface area (Å²) in [4.78, 5) is 21.9. The summed E-state index contributed by atoms with van der Waals surface area (Å²) in [5, 5.41) is 6.38. The summed E-state index contributed by atoms with van der Waals surface area (Å²) in [7, 11) is -4.84. The predicted octanol–water partition coefficient (Wildman–Crippen LogP) is 0.461. The van der Waals surface area contributed by atoms with Gasteiger partial charge in [-0.25, -0.2) is 0 Å². The minimum Gasteiger partial charge on any atom is -0.480 e. The molecule has 0 saturated heterocycles. The second-order valence-corrected chi connectivity index (χ2v) is 5.29. The van der Waals surface area contributed by atoms with Crippen molar-refractivity contribution in [1.29, 1.82) is 0 Å². The van der Waals surface area contributed by atoms with Gasteiger partial charge in [-0.2, -0.15) is 8.42 Å².